The minimum Gasteiger partial charge on any atom is -0.340 e. The predicted octanol–water partition coefficient (Wildman–Crippen LogP) is 3.92. The molecule has 1 amide bonds. The van der Waals surface area contributed by atoms with Gasteiger partial charge in [0.2, 0.25) is 5.91 Å². The van der Waals surface area contributed by atoms with E-state index in [2.05, 4.69) is 16.4 Å². The fraction of sp³-hybridized carbons (Fsp3) is 0.333. The number of imidazole rings is 1. The Bertz CT molecular complexity index is 776. The lowest BCUT2D eigenvalue weighted by molar-refractivity contribution is -0.132. The van der Waals surface area contributed by atoms with Crippen LogP contribution in [0, 0.1) is 0 Å². The average Bonchev–Trinajstić information content (AvgIpc) is 3.31. The fourth-order valence-corrected chi connectivity index (χ4v) is 4.02. The number of hydrogen-bond donors (Lipinski definition) is 1. The molecule has 1 aromatic carbocycles. The van der Waals surface area contributed by atoms with E-state index in [1.807, 2.05) is 35.2 Å². The molecule has 1 aliphatic heterocycles. The molecule has 5 heteroatoms. The summed E-state index contributed by atoms with van der Waals surface area (Å²) < 4.78 is 0. The number of nitrogens with zero attached hydrogens (tertiary/aromatic N) is 2. The van der Waals surface area contributed by atoms with Crippen LogP contribution in [-0.2, 0) is 11.2 Å². The second-order valence-electron chi connectivity index (χ2n) is 5.96. The number of H-pyrrole nitrogens is 1. The fourth-order valence-electron chi connectivity index (χ4n) is 3.31. The largest absolute Gasteiger partial charge is 0.340 e. The van der Waals surface area contributed by atoms with Crippen LogP contribution in [0.1, 0.15) is 36.0 Å². The molecule has 3 aromatic rings. The van der Waals surface area contributed by atoms with E-state index in [9.17, 15) is 4.79 Å². The molecule has 0 bridgehead atoms. The van der Waals surface area contributed by atoms with Crippen molar-refractivity contribution in [1.82, 2.24) is 14.9 Å². The third-order valence-corrected chi connectivity index (χ3v) is 5.40. The Labute approximate surface area is 139 Å². The van der Waals surface area contributed by atoms with Crippen LogP contribution in [0.3, 0.4) is 0 Å². The number of carbonyl (C=O) groups excluding carboxylic acids is 1. The van der Waals surface area contributed by atoms with Crippen LogP contribution in [0.4, 0.5) is 0 Å². The number of aryl methyl sites for hydroxylation is 1. The van der Waals surface area contributed by atoms with Crippen LogP contribution in [0.25, 0.3) is 11.0 Å². The summed E-state index contributed by atoms with van der Waals surface area (Å²) in [5.41, 5.74) is 2.01. The molecular weight excluding hydrogens is 306 g/mol. The highest BCUT2D eigenvalue weighted by Crippen LogP contribution is 2.32. The zero-order chi connectivity index (χ0) is 15.6. The number of rotatable bonds is 4. The standard InChI is InChI=1S/C18H19N3OS/c22-17(10-9-13-5-4-12-23-13)21-11-3-8-16(21)18-19-14-6-1-2-7-15(14)20-18/h1-2,4-7,12,16H,3,8-11H2,(H,19,20)/t16-/m0/s1. The molecule has 0 saturated carbocycles. The number of aromatic nitrogens is 2. The van der Waals surface area contributed by atoms with Crippen molar-refractivity contribution in [3.63, 3.8) is 0 Å². The first-order chi connectivity index (χ1) is 11.3. The summed E-state index contributed by atoms with van der Waals surface area (Å²) in [6, 6.07) is 12.3. The van der Waals surface area contributed by atoms with Gasteiger partial charge in [-0.1, -0.05) is 18.2 Å². The molecule has 1 saturated heterocycles. The van der Waals surface area contributed by atoms with Crippen molar-refractivity contribution in [2.24, 2.45) is 0 Å². The number of benzene rings is 1. The van der Waals surface area contributed by atoms with Crippen molar-refractivity contribution in [3.8, 4) is 0 Å². The van der Waals surface area contributed by atoms with Gasteiger partial charge in [0.05, 0.1) is 17.1 Å². The zero-order valence-corrected chi connectivity index (χ0v) is 13.7. The first-order valence-corrected chi connectivity index (χ1v) is 8.96. The number of para-hydroxylation sites is 2. The normalized spacial score (nSPS) is 17.9. The van der Waals surface area contributed by atoms with Crippen molar-refractivity contribution < 1.29 is 4.79 Å². The van der Waals surface area contributed by atoms with E-state index in [4.69, 9.17) is 4.98 Å². The molecule has 2 aromatic heterocycles. The van der Waals surface area contributed by atoms with Crippen LogP contribution in [0.2, 0.25) is 0 Å². The Hall–Kier alpha value is -2.14. The number of likely N-dealkylation sites (tertiary alicyclic amines) is 1. The van der Waals surface area contributed by atoms with E-state index >= 15 is 0 Å². The van der Waals surface area contributed by atoms with E-state index in [0.717, 1.165) is 42.7 Å². The van der Waals surface area contributed by atoms with Crippen molar-refractivity contribution in [3.05, 3.63) is 52.5 Å². The maximum atomic E-state index is 12.6. The van der Waals surface area contributed by atoms with E-state index in [-0.39, 0.29) is 11.9 Å². The second-order valence-corrected chi connectivity index (χ2v) is 7.00. The van der Waals surface area contributed by atoms with E-state index < -0.39 is 0 Å². The zero-order valence-electron chi connectivity index (χ0n) is 12.9. The molecule has 0 aliphatic carbocycles. The van der Waals surface area contributed by atoms with Gasteiger partial charge in [0.25, 0.3) is 0 Å². The van der Waals surface area contributed by atoms with E-state index in [0.29, 0.717) is 6.42 Å². The lowest BCUT2D eigenvalue weighted by Crippen LogP contribution is -2.31. The number of hydrogen-bond acceptors (Lipinski definition) is 3. The Kier molecular flexibility index (Phi) is 3.87. The highest BCUT2D eigenvalue weighted by Gasteiger charge is 2.31. The summed E-state index contributed by atoms with van der Waals surface area (Å²) in [5, 5.41) is 2.06. The summed E-state index contributed by atoms with van der Waals surface area (Å²) in [6.07, 6.45) is 3.45. The molecule has 1 N–H and O–H groups in total. The summed E-state index contributed by atoms with van der Waals surface area (Å²) >= 11 is 1.72. The molecule has 1 aliphatic rings. The molecule has 1 atom stereocenters. The minimum absolute atomic E-state index is 0.0956. The molecule has 0 spiro atoms. The number of aromatic amines is 1. The number of carbonyl (C=O) groups is 1. The second kappa shape index (κ2) is 6.16. The van der Waals surface area contributed by atoms with Gasteiger partial charge in [0.15, 0.2) is 0 Å². The molecule has 4 nitrogen and oxygen atoms in total. The molecule has 3 heterocycles. The maximum Gasteiger partial charge on any atom is 0.223 e. The lowest BCUT2D eigenvalue weighted by Gasteiger charge is -2.23. The number of amides is 1. The molecule has 0 radical (unpaired) electrons. The summed E-state index contributed by atoms with van der Waals surface area (Å²) in [6.45, 7) is 0.838. The smallest absolute Gasteiger partial charge is 0.223 e. The SMILES string of the molecule is O=C(CCc1cccs1)N1CCC[C@H]1c1nc2ccccc2[nH]1. The van der Waals surface area contributed by atoms with Crippen molar-refractivity contribution in [1.29, 1.82) is 0 Å². The number of thiophene rings is 1. The Balaban J connectivity index is 1.50. The molecule has 1 fully saturated rings. The van der Waals surface area contributed by atoms with Gasteiger partial charge in [-0.25, -0.2) is 4.98 Å². The predicted molar refractivity (Wildman–Crippen MR) is 92.4 cm³/mol. The molecule has 118 valence electrons. The first kappa shape index (κ1) is 14.5. The van der Waals surface area contributed by atoms with Crippen LogP contribution in [0.15, 0.2) is 41.8 Å². The third-order valence-electron chi connectivity index (χ3n) is 4.46. The Morgan fingerprint density at radius 1 is 1.30 bits per heavy atom. The summed E-state index contributed by atoms with van der Waals surface area (Å²) in [7, 11) is 0. The number of fused-ring (bicyclic) bond motifs is 1. The monoisotopic (exact) mass is 325 g/mol. The molecule has 0 unspecified atom stereocenters. The topological polar surface area (TPSA) is 49.0 Å². The van der Waals surface area contributed by atoms with Gasteiger partial charge < -0.3 is 9.88 Å². The van der Waals surface area contributed by atoms with Gasteiger partial charge in [0, 0.05) is 17.8 Å². The first-order valence-electron chi connectivity index (χ1n) is 8.08. The number of nitrogens with one attached hydrogen (secondary N) is 1. The summed E-state index contributed by atoms with van der Waals surface area (Å²) in [5.74, 6) is 1.16. The molecule has 4 rings (SSSR count). The van der Waals surface area contributed by atoms with Crippen LogP contribution in [-0.4, -0.2) is 27.3 Å². The lowest BCUT2D eigenvalue weighted by atomic mass is 10.2. The third kappa shape index (κ3) is 2.88. The van der Waals surface area contributed by atoms with Gasteiger partial charge >= 0.3 is 0 Å². The minimum atomic E-state index is 0.0956. The van der Waals surface area contributed by atoms with Crippen molar-refractivity contribution in [2.75, 3.05) is 6.54 Å². The van der Waals surface area contributed by atoms with Crippen LogP contribution >= 0.6 is 11.3 Å². The maximum absolute atomic E-state index is 12.6. The molecular formula is C18H19N3OS. The van der Waals surface area contributed by atoms with E-state index in [1.54, 1.807) is 11.3 Å². The van der Waals surface area contributed by atoms with Gasteiger partial charge in [-0.05, 0) is 42.8 Å². The van der Waals surface area contributed by atoms with Crippen LogP contribution in [0.5, 0.6) is 0 Å². The van der Waals surface area contributed by atoms with Gasteiger partial charge in [0.1, 0.15) is 5.82 Å². The quantitative estimate of drug-likeness (QED) is 0.790. The summed E-state index contributed by atoms with van der Waals surface area (Å²) in [4.78, 5) is 24.0. The Morgan fingerprint density at radius 3 is 3.04 bits per heavy atom. The van der Waals surface area contributed by atoms with Gasteiger partial charge in [-0.2, -0.15) is 0 Å². The highest BCUT2D eigenvalue weighted by atomic mass is 32.1. The van der Waals surface area contributed by atoms with Gasteiger partial charge in [-0.3, -0.25) is 4.79 Å². The Morgan fingerprint density at radius 2 is 2.22 bits per heavy atom. The van der Waals surface area contributed by atoms with Crippen LogP contribution < -0.4 is 0 Å². The molecule has 23 heavy (non-hydrogen) atoms. The van der Waals surface area contributed by atoms with E-state index in [1.165, 1.54) is 4.88 Å². The highest BCUT2D eigenvalue weighted by molar-refractivity contribution is 7.09. The van der Waals surface area contributed by atoms with Gasteiger partial charge in [-0.15, -0.1) is 11.3 Å². The van der Waals surface area contributed by atoms with Crippen molar-refractivity contribution in [2.45, 2.75) is 31.7 Å². The van der Waals surface area contributed by atoms with Crippen molar-refractivity contribution >= 4 is 28.3 Å². The average molecular weight is 325 g/mol.